The number of hydrogen-bond donors (Lipinski definition) is 2. The normalized spacial score (nSPS) is 14.0. The van der Waals surface area contributed by atoms with Gasteiger partial charge in [0.05, 0.1) is 19.8 Å². The lowest BCUT2D eigenvalue weighted by atomic mass is 10.1. The second-order valence-electron chi connectivity index (χ2n) is 18.7. The van der Waals surface area contributed by atoms with Crippen molar-refractivity contribution in [2.75, 3.05) is 26.4 Å². The lowest BCUT2D eigenvalue weighted by Crippen LogP contribution is -2.30. The van der Waals surface area contributed by atoms with E-state index in [1.54, 1.807) is 0 Å². The Kier molecular flexibility index (Phi) is 51.4. The van der Waals surface area contributed by atoms with E-state index in [0.29, 0.717) is 19.3 Å². The van der Waals surface area contributed by atoms with Crippen molar-refractivity contribution < 1.29 is 52.2 Å². The van der Waals surface area contributed by atoms with E-state index in [0.717, 1.165) is 109 Å². The van der Waals surface area contributed by atoms with Crippen LogP contribution in [0, 0.1) is 0 Å². The van der Waals surface area contributed by atoms with Crippen molar-refractivity contribution in [1.82, 2.24) is 0 Å². The van der Waals surface area contributed by atoms with Crippen molar-refractivity contribution in [3.05, 3.63) is 85.1 Å². The van der Waals surface area contributed by atoms with Gasteiger partial charge in [0.25, 0.3) is 0 Å². The van der Waals surface area contributed by atoms with Crippen molar-refractivity contribution >= 4 is 25.7 Å². The predicted octanol–water partition coefficient (Wildman–Crippen LogP) is 16.7. The molecule has 0 spiro atoms. The molecule has 0 aromatic rings. The van der Waals surface area contributed by atoms with E-state index in [4.69, 9.17) is 23.3 Å². The van der Waals surface area contributed by atoms with Gasteiger partial charge in [0.2, 0.25) is 0 Å². The summed E-state index contributed by atoms with van der Waals surface area (Å²) in [7, 11) is -4.76. The largest absolute Gasteiger partial charge is 0.472 e. The monoisotopic (exact) mass is 1030 g/mol. The van der Waals surface area contributed by atoms with Gasteiger partial charge in [-0.3, -0.25) is 23.4 Å². The minimum Gasteiger partial charge on any atom is -0.462 e. The maximum Gasteiger partial charge on any atom is 0.472 e. The number of ether oxygens (including phenoxy) is 3. The zero-order chi connectivity index (χ0) is 52.7. The molecule has 0 aromatic heterocycles. The number of aliphatic hydroxyl groups excluding tert-OH is 1. The van der Waals surface area contributed by atoms with Gasteiger partial charge in [-0.1, -0.05) is 196 Å². The number of phosphoric ester groups is 1. The molecule has 0 aliphatic rings. The zero-order valence-electron chi connectivity index (χ0n) is 45.6. The average molecular weight is 1030 g/mol. The maximum absolute atomic E-state index is 12.9. The van der Waals surface area contributed by atoms with Gasteiger partial charge in [-0.2, -0.15) is 0 Å². The van der Waals surface area contributed by atoms with Crippen molar-refractivity contribution in [3.8, 4) is 0 Å². The molecule has 72 heavy (non-hydrogen) atoms. The van der Waals surface area contributed by atoms with Crippen LogP contribution in [-0.4, -0.2) is 66.5 Å². The van der Waals surface area contributed by atoms with Gasteiger partial charge in [0.1, 0.15) is 12.7 Å². The second kappa shape index (κ2) is 53.9. The molecule has 0 bridgehead atoms. The summed E-state index contributed by atoms with van der Waals surface area (Å²) < 4.78 is 39.4. The molecule has 0 fully saturated rings. The maximum atomic E-state index is 12.9. The first-order valence-corrected chi connectivity index (χ1v) is 30.0. The molecule has 12 heteroatoms. The number of hydrogen-bond acceptors (Lipinski definition) is 10. The summed E-state index contributed by atoms with van der Waals surface area (Å²) in [6.07, 6.45) is 61.2. The number of allylic oxidation sites excluding steroid dienone is 14. The van der Waals surface area contributed by atoms with Gasteiger partial charge in [-0.05, 0) is 109 Å². The van der Waals surface area contributed by atoms with Crippen LogP contribution in [0.1, 0.15) is 239 Å². The smallest absolute Gasteiger partial charge is 0.462 e. The third-order valence-electron chi connectivity index (χ3n) is 11.8. The third-order valence-corrected chi connectivity index (χ3v) is 12.7. The van der Waals surface area contributed by atoms with E-state index in [9.17, 15) is 28.9 Å². The van der Waals surface area contributed by atoms with Crippen molar-refractivity contribution in [2.45, 2.75) is 251 Å². The second-order valence-corrected chi connectivity index (χ2v) is 20.2. The van der Waals surface area contributed by atoms with Gasteiger partial charge in [-0.15, -0.1) is 0 Å². The predicted molar refractivity (Wildman–Crippen MR) is 298 cm³/mol. The molecule has 0 rings (SSSR count). The van der Waals surface area contributed by atoms with Crippen LogP contribution in [0.5, 0.6) is 0 Å². The summed E-state index contributed by atoms with van der Waals surface area (Å²) >= 11 is 0. The number of rotatable bonds is 52. The van der Waals surface area contributed by atoms with Gasteiger partial charge in [0.15, 0.2) is 6.10 Å². The quantitative estimate of drug-likeness (QED) is 0.0197. The van der Waals surface area contributed by atoms with Crippen molar-refractivity contribution in [1.29, 1.82) is 0 Å². The highest BCUT2D eigenvalue weighted by Crippen LogP contribution is 2.43. The lowest BCUT2D eigenvalue weighted by Gasteiger charge is -2.21. The fraction of sp³-hybridized carbons (Fsp3) is 0.717. The molecule has 2 N–H and O–H groups in total. The topological polar surface area (TPSA) is 155 Å². The van der Waals surface area contributed by atoms with E-state index in [1.807, 2.05) is 0 Å². The first kappa shape index (κ1) is 68.7. The molecular formula is C60H103O11P. The summed E-state index contributed by atoms with van der Waals surface area (Å²) in [6, 6.07) is 0. The third kappa shape index (κ3) is 51.6. The van der Waals surface area contributed by atoms with Gasteiger partial charge in [-0.25, -0.2) is 4.57 Å². The minimum absolute atomic E-state index is 0.111. The molecule has 0 saturated carbocycles. The molecule has 0 aliphatic carbocycles. The Bertz CT molecular complexity index is 1530. The fourth-order valence-electron chi connectivity index (χ4n) is 7.42. The molecule has 0 aliphatic heterocycles. The van der Waals surface area contributed by atoms with Crippen LogP contribution in [0.25, 0.3) is 0 Å². The number of carbonyl (C=O) groups excluding carboxylic acids is 3. The van der Waals surface area contributed by atoms with E-state index in [-0.39, 0.29) is 25.9 Å². The fourth-order valence-corrected chi connectivity index (χ4v) is 8.20. The molecule has 0 heterocycles. The summed E-state index contributed by atoms with van der Waals surface area (Å²) in [5.74, 6) is -1.53. The lowest BCUT2D eigenvalue weighted by molar-refractivity contribution is -0.161. The van der Waals surface area contributed by atoms with Crippen LogP contribution in [-0.2, 0) is 42.2 Å². The molecule has 414 valence electrons. The molecule has 0 aromatic carbocycles. The van der Waals surface area contributed by atoms with Crippen LogP contribution in [0.4, 0.5) is 0 Å². The van der Waals surface area contributed by atoms with Crippen LogP contribution < -0.4 is 0 Å². The number of phosphoric acid groups is 1. The zero-order valence-corrected chi connectivity index (χ0v) is 46.5. The summed E-state index contributed by atoms with van der Waals surface area (Å²) in [5.41, 5.74) is 0. The van der Waals surface area contributed by atoms with Gasteiger partial charge < -0.3 is 24.2 Å². The highest BCUT2D eigenvalue weighted by molar-refractivity contribution is 7.47. The number of esters is 3. The standard InChI is InChI=1S/C60H103O11P/c1-4-7-10-13-16-19-22-24-26-27-28-29-31-32-35-37-40-43-46-49-58(62)67-53-57(71-60(64)51-48-45-42-39-36-33-30-25-23-20-17-14-11-8-5-2)55-69-72(65,66)68-54-56(52-61)70-59(63)50-47-44-41-38-34-21-18-15-12-9-6-3/h8,11,15-20,24-26,30,36,39,56-57,61H,4-7,9-10,12-14,21-23,27-29,31-35,37-38,40-55H2,1-3H3,(H,65,66)/b11-8-,18-15-,19-16-,20-17-,26-24-,30-25-,39-36-. The van der Waals surface area contributed by atoms with Crippen molar-refractivity contribution in [2.24, 2.45) is 0 Å². The molecular weight excluding hydrogens is 928 g/mol. The average Bonchev–Trinajstić information content (AvgIpc) is 3.37. The van der Waals surface area contributed by atoms with Crippen molar-refractivity contribution in [3.63, 3.8) is 0 Å². The number of aliphatic hydroxyl groups is 1. The Morgan fingerprint density at radius 2 is 0.736 bits per heavy atom. The Morgan fingerprint density at radius 1 is 0.403 bits per heavy atom. The van der Waals surface area contributed by atoms with Crippen LogP contribution >= 0.6 is 7.82 Å². The van der Waals surface area contributed by atoms with Crippen LogP contribution in [0.2, 0.25) is 0 Å². The van der Waals surface area contributed by atoms with Crippen LogP contribution in [0.3, 0.4) is 0 Å². The van der Waals surface area contributed by atoms with Gasteiger partial charge >= 0.3 is 25.7 Å². The molecule has 0 amide bonds. The highest BCUT2D eigenvalue weighted by Gasteiger charge is 2.28. The summed E-state index contributed by atoms with van der Waals surface area (Å²) in [5, 5.41) is 9.78. The highest BCUT2D eigenvalue weighted by atomic mass is 31.2. The van der Waals surface area contributed by atoms with E-state index >= 15 is 0 Å². The number of carbonyl (C=O) groups is 3. The molecule has 0 saturated heterocycles. The Hall–Kier alpha value is -3.34. The summed E-state index contributed by atoms with van der Waals surface area (Å²) in [4.78, 5) is 48.4. The summed E-state index contributed by atoms with van der Waals surface area (Å²) in [6.45, 7) is 4.40. The number of unbranched alkanes of at least 4 members (excludes halogenated alkanes) is 21. The molecule has 3 unspecified atom stereocenters. The van der Waals surface area contributed by atoms with Gasteiger partial charge in [0, 0.05) is 19.3 Å². The Morgan fingerprint density at radius 3 is 1.19 bits per heavy atom. The van der Waals surface area contributed by atoms with E-state index in [2.05, 4.69) is 106 Å². The first-order valence-electron chi connectivity index (χ1n) is 28.5. The Balaban J connectivity index is 4.78. The molecule has 11 nitrogen and oxygen atoms in total. The molecule has 0 radical (unpaired) electrons. The molecule has 3 atom stereocenters. The van der Waals surface area contributed by atoms with E-state index in [1.165, 1.54) is 70.6 Å². The van der Waals surface area contributed by atoms with Crippen LogP contribution in [0.15, 0.2) is 85.1 Å². The first-order chi connectivity index (χ1) is 35.2. The SMILES string of the molecule is CC/C=C\C/C=C\C/C=C\C/C=C\CCCCC(=O)OC(COC(=O)CCCCCCCCCCC/C=C\C/C=C\CCCCC)COP(=O)(O)OCC(CO)OC(=O)CCCCCCC/C=C\CCCC. The Labute approximate surface area is 439 Å². The van der Waals surface area contributed by atoms with E-state index < -0.39 is 57.8 Å². The minimum atomic E-state index is -4.76.